The average Bonchev–Trinajstić information content (AvgIpc) is 3.03. The van der Waals surface area contributed by atoms with Crippen molar-refractivity contribution < 1.29 is 48.2 Å². The summed E-state index contributed by atoms with van der Waals surface area (Å²) in [5.74, 6) is -0.747. The maximum Gasteiger partial charge on any atom is 0.338 e. The van der Waals surface area contributed by atoms with E-state index in [-0.39, 0.29) is 62.3 Å². The first-order chi connectivity index (χ1) is 21.5. The Morgan fingerprint density at radius 1 is 0.500 bits per heavy atom. The highest BCUT2D eigenvalue weighted by Gasteiger charge is 2.13. The lowest BCUT2D eigenvalue weighted by molar-refractivity contribution is 0.0272. The summed E-state index contributed by atoms with van der Waals surface area (Å²) in [6.07, 6.45) is 0. The van der Waals surface area contributed by atoms with Crippen molar-refractivity contribution in [3.8, 4) is 23.0 Å². The van der Waals surface area contributed by atoms with Crippen LogP contribution in [0.15, 0.2) is 97.1 Å². The van der Waals surface area contributed by atoms with E-state index in [1.165, 1.54) is 36.4 Å². The molecule has 0 heterocycles. The van der Waals surface area contributed by atoms with Gasteiger partial charge in [0.15, 0.2) is 0 Å². The lowest BCUT2D eigenvalue weighted by Gasteiger charge is -2.11. The minimum atomic E-state index is -0.571. The molecule has 0 radical (unpaired) electrons. The predicted octanol–water partition coefficient (Wildman–Crippen LogP) is 5.30. The number of phenols is 2. The molecular weight excluding hydrogens is 568 g/mol. The molecule has 44 heavy (non-hydrogen) atoms. The van der Waals surface area contributed by atoms with Gasteiger partial charge in [-0.25, -0.2) is 9.59 Å². The predicted molar refractivity (Wildman–Crippen MR) is 160 cm³/mol. The zero-order valence-corrected chi connectivity index (χ0v) is 24.1. The molecule has 4 rings (SSSR count). The van der Waals surface area contributed by atoms with Gasteiger partial charge in [-0.05, 0) is 35.4 Å². The van der Waals surface area contributed by atoms with Gasteiger partial charge >= 0.3 is 11.9 Å². The summed E-state index contributed by atoms with van der Waals surface area (Å²) in [6.45, 7) is 1.77. The number of carbonyl (C=O) groups excluding carboxylic acids is 2. The van der Waals surface area contributed by atoms with Crippen LogP contribution in [0.3, 0.4) is 0 Å². The van der Waals surface area contributed by atoms with E-state index in [1.807, 2.05) is 60.7 Å². The van der Waals surface area contributed by atoms with E-state index >= 15 is 0 Å². The summed E-state index contributed by atoms with van der Waals surface area (Å²) in [5.41, 5.74) is 2.07. The van der Waals surface area contributed by atoms with E-state index in [0.717, 1.165) is 11.1 Å². The second kappa shape index (κ2) is 17.2. The molecule has 0 fully saturated rings. The Bertz CT molecular complexity index is 1360. The van der Waals surface area contributed by atoms with Gasteiger partial charge in [-0.2, -0.15) is 0 Å². The molecule has 0 saturated heterocycles. The van der Waals surface area contributed by atoms with Gasteiger partial charge in [-0.3, -0.25) is 0 Å². The van der Waals surface area contributed by atoms with E-state index in [4.69, 9.17) is 28.4 Å². The zero-order chi connectivity index (χ0) is 31.0. The molecule has 10 heteroatoms. The maximum absolute atomic E-state index is 12.4. The first kappa shape index (κ1) is 31.9. The fourth-order valence-corrected chi connectivity index (χ4v) is 3.94. The topological polar surface area (TPSA) is 130 Å². The molecule has 0 bridgehead atoms. The highest BCUT2D eigenvalue weighted by molar-refractivity contribution is 5.91. The Hall–Kier alpha value is -5.06. The molecule has 0 saturated carbocycles. The minimum Gasteiger partial charge on any atom is -0.508 e. The van der Waals surface area contributed by atoms with Gasteiger partial charge in [0, 0.05) is 12.1 Å². The molecule has 0 aliphatic rings. The normalized spacial score (nSPS) is 10.6. The number of rotatable bonds is 17. The van der Waals surface area contributed by atoms with E-state index in [0.29, 0.717) is 24.7 Å². The Morgan fingerprint density at radius 3 is 1.30 bits per heavy atom. The molecule has 0 aliphatic carbocycles. The first-order valence-corrected chi connectivity index (χ1v) is 14.0. The highest BCUT2D eigenvalue weighted by atomic mass is 16.6. The number of aromatic hydroxyl groups is 2. The second-order valence-electron chi connectivity index (χ2n) is 9.48. The van der Waals surface area contributed by atoms with Gasteiger partial charge in [0.2, 0.25) is 0 Å². The molecule has 0 aliphatic heterocycles. The average molecular weight is 603 g/mol. The van der Waals surface area contributed by atoms with Gasteiger partial charge in [0.25, 0.3) is 0 Å². The standard InChI is InChI=1S/C34H34O10/c35-29-17-27(33(37)43-23-25-7-3-1-4-8-25)19-31(21-29)41-15-13-39-11-12-40-14-16-42-32-20-28(18-30(36)22-32)34(38)44-24-26-9-5-2-6-10-26/h1-10,17-22,35-36H,11-16,23-24H2. The van der Waals surface area contributed by atoms with Crippen LogP contribution in [0, 0.1) is 0 Å². The van der Waals surface area contributed by atoms with Crippen LogP contribution in [0.2, 0.25) is 0 Å². The smallest absolute Gasteiger partial charge is 0.338 e. The van der Waals surface area contributed by atoms with Crippen molar-refractivity contribution >= 4 is 11.9 Å². The van der Waals surface area contributed by atoms with Gasteiger partial charge in [0.1, 0.15) is 49.4 Å². The van der Waals surface area contributed by atoms with Gasteiger partial charge in [0.05, 0.1) is 37.6 Å². The minimum absolute atomic E-state index is 0.115. The Kier molecular flexibility index (Phi) is 12.4. The van der Waals surface area contributed by atoms with Crippen LogP contribution < -0.4 is 9.47 Å². The summed E-state index contributed by atoms with van der Waals surface area (Å²) < 4.78 is 32.8. The monoisotopic (exact) mass is 602 g/mol. The third-order valence-corrected chi connectivity index (χ3v) is 6.04. The lowest BCUT2D eigenvalue weighted by atomic mass is 10.2. The maximum atomic E-state index is 12.4. The third kappa shape index (κ3) is 11.0. The van der Waals surface area contributed by atoms with Crippen molar-refractivity contribution in [1.29, 1.82) is 0 Å². The zero-order valence-electron chi connectivity index (χ0n) is 24.1. The first-order valence-electron chi connectivity index (χ1n) is 14.0. The molecule has 2 N–H and O–H groups in total. The van der Waals surface area contributed by atoms with Crippen molar-refractivity contribution in [2.24, 2.45) is 0 Å². The third-order valence-electron chi connectivity index (χ3n) is 6.04. The molecule has 230 valence electrons. The lowest BCUT2D eigenvalue weighted by Crippen LogP contribution is -2.14. The molecule has 4 aromatic rings. The Labute approximate surface area is 255 Å². The van der Waals surface area contributed by atoms with Gasteiger partial charge < -0.3 is 38.6 Å². The second-order valence-corrected chi connectivity index (χ2v) is 9.48. The van der Waals surface area contributed by atoms with Crippen LogP contribution in [0.5, 0.6) is 23.0 Å². The fourth-order valence-electron chi connectivity index (χ4n) is 3.94. The summed E-state index contributed by atoms with van der Waals surface area (Å²) >= 11 is 0. The van der Waals surface area contributed by atoms with E-state index in [1.54, 1.807) is 0 Å². The molecular formula is C34H34O10. The van der Waals surface area contributed by atoms with Gasteiger partial charge in [-0.1, -0.05) is 60.7 Å². The molecule has 0 atom stereocenters. The van der Waals surface area contributed by atoms with E-state index < -0.39 is 11.9 Å². The molecule has 0 spiro atoms. The van der Waals surface area contributed by atoms with Crippen molar-refractivity contribution in [3.63, 3.8) is 0 Å². The highest BCUT2D eigenvalue weighted by Crippen LogP contribution is 2.24. The number of hydrogen-bond acceptors (Lipinski definition) is 10. The Morgan fingerprint density at radius 2 is 0.886 bits per heavy atom. The number of benzene rings is 4. The van der Waals surface area contributed by atoms with Crippen LogP contribution in [-0.2, 0) is 32.2 Å². The molecule has 0 amide bonds. The molecule has 4 aromatic carbocycles. The summed E-state index contributed by atoms with van der Waals surface area (Å²) in [5, 5.41) is 20.0. The fraction of sp³-hybridized carbons (Fsp3) is 0.235. The molecule has 0 aromatic heterocycles. The van der Waals surface area contributed by atoms with Crippen LogP contribution >= 0.6 is 0 Å². The van der Waals surface area contributed by atoms with Crippen LogP contribution in [0.25, 0.3) is 0 Å². The van der Waals surface area contributed by atoms with Gasteiger partial charge in [-0.15, -0.1) is 0 Å². The Balaban J connectivity index is 1.07. The van der Waals surface area contributed by atoms with Crippen LogP contribution in [0.4, 0.5) is 0 Å². The quantitative estimate of drug-likeness (QED) is 0.121. The van der Waals surface area contributed by atoms with Crippen LogP contribution in [-0.4, -0.2) is 61.8 Å². The molecule has 10 nitrogen and oxygen atoms in total. The number of hydrogen-bond donors (Lipinski definition) is 2. The molecule has 0 unspecified atom stereocenters. The number of ether oxygens (including phenoxy) is 6. The largest absolute Gasteiger partial charge is 0.508 e. The summed E-state index contributed by atoms with van der Waals surface area (Å²) in [7, 11) is 0. The summed E-state index contributed by atoms with van der Waals surface area (Å²) in [4.78, 5) is 24.8. The number of carbonyl (C=O) groups is 2. The van der Waals surface area contributed by atoms with E-state index in [9.17, 15) is 19.8 Å². The van der Waals surface area contributed by atoms with Crippen LogP contribution in [0.1, 0.15) is 31.8 Å². The number of esters is 2. The van der Waals surface area contributed by atoms with E-state index in [2.05, 4.69) is 0 Å². The summed E-state index contributed by atoms with van der Waals surface area (Å²) in [6, 6.07) is 27.0. The van der Waals surface area contributed by atoms with Crippen molar-refractivity contribution in [3.05, 3.63) is 119 Å². The van der Waals surface area contributed by atoms with Crippen molar-refractivity contribution in [2.75, 3.05) is 39.6 Å². The van der Waals surface area contributed by atoms with Crippen molar-refractivity contribution in [1.82, 2.24) is 0 Å². The SMILES string of the molecule is O=C(OCc1ccccc1)c1cc(O)cc(OCCOCCOCCOc2cc(O)cc(C(=O)OCc3ccccc3)c2)c1. The van der Waals surface area contributed by atoms with Crippen molar-refractivity contribution in [2.45, 2.75) is 13.2 Å². The number of phenolic OH excluding ortho intramolecular Hbond substituents is 2.